The lowest BCUT2D eigenvalue weighted by atomic mass is 10.1. The Labute approximate surface area is 176 Å². The van der Waals surface area contributed by atoms with E-state index in [-0.39, 0.29) is 23.6 Å². The highest BCUT2D eigenvalue weighted by atomic mass is 19.4. The first kappa shape index (κ1) is 21.9. The van der Waals surface area contributed by atoms with E-state index in [4.69, 9.17) is 4.74 Å². The standard InChI is InChI=1S/C23H19F3N2O3/c1-31-20-10-8-15(9-11-20)12-21(29)27-18-6-2-4-16(13-18)22(30)28-19-7-3-5-17(14-19)23(24,25)26/h2-11,13-14H,12H2,1H3,(H,27,29)(H,28,30). The maximum atomic E-state index is 12.8. The normalized spacial score (nSPS) is 11.0. The molecular formula is C23H19F3N2O3. The number of alkyl halides is 3. The molecule has 3 rings (SSSR count). The minimum absolute atomic E-state index is 0.0220. The smallest absolute Gasteiger partial charge is 0.416 e. The first-order valence-electron chi connectivity index (χ1n) is 9.26. The van der Waals surface area contributed by atoms with Crippen molar-refractivity contribution in [2.24, 2.45) is 0 Å². The summed E-state index contributed by atoms with van der Waals surface area (Å²) in [6.45, 7) is 0. The molecule has 0 aromatic heterocycles. The predicted molar refractivity (Wildman–Crippen MR) is 111 cm³/mol. The number of ether oxygens (including phenoxy) is 1. The maximum Gasteiger partial charge on any atom is 0.416 e. The van der Waals surface area contributed by atoms with E-state index in [1.54, 1.807) is 43.5 Å². The molecule has 0 aliphatic carbocycles. The first-order chi connectivity index (χ1) is 14.7. The molecule has 8 heteroatoms. The van der Waals surface area contributed by atoms with Crippen molar-refractivity contribution in [3.05, 3.63) is 89.5 Å². The van der Waals surface area contributed by atoms with Gasteiger partial charge in [-0.3, -0.25) is 9.59 Å². The lowest BCUT2D eigenvalue weighted by molar-refractivity contribution is -0.137. The molecule has 0 spiro atoms. The molecule has 2 N–H and O–H groups in total. The van der Waals surface area contributed by atoms with Gasteiger partial charge < -0.3 is 15.4 Å². The Morgan fingerprint density at radius 2 is 1.52 bits per heavy atom. The molecule has 0 saturated heterocycles. The van der Waals surface area contributed by atoms with Crippen molar-refractivity contribution in [2.45, 2.75) is 12.6 Å². The Bertz CT molecular complexity index is 1080. The Morgan fingerprint density at radius 1 is 0.871 bits per heavy atom. The summed E-state index contributed by atoms with van der Waals surface area (Å²) in [6, 6.07) is 17.6. The number of methoxy groups -OCH3 is 1. The second kappa shape index (κ2) is 9.34. The quantitative estimate of drug-likeness (QED) is 0.571. The van der Waals surface area contributed by atoms with Crippen LogP contribution in [0, 0.1) is 0 Å². The number of hydrogen-bond donors (Lipinski definition) is 2. The molecule has 0 bridgehead atoms. The van der Waals surface area contributed by atoms with Gasteiger partial charge in [-0.25, -0.2) is 0 Å². The third-order valence-electron chi connectivity index (χ3n) is 4.38. The Kier molecular flexibility index (Phi) is 6.59. The maximum absolute atomic E-state index is 12.8. The van der Waals surface area contributed by atoms with Crippen molar-refractivity contribution < 1.29 is 27.5 Å². The van der Waals surface area contributed by atoms with Crippen LogP contribution in [-0.4, -0.2) is 18.9 Å². The van der Waals surface area contributed by atoms with Crippen LogP contribution >= 0.6 is 0 Å². The van der Waals surface area contributed by atoms with E-state index in [0.717, 1.165) is 17.7 Å². The highest BCUT2D eigenvalue weighted by molar-refractivity contribution is 6.05. The van der Waals surface area contributed by atoms with Gasteiger partial charge in [0.15, 0.2) is 0 Å². The number of benzene rings is 3. The highest BCUT2D eigenvalue weighted by Gasteiger charge is 2.30. The fourth-order valence-corrected chi connectivity index (χ4v) is 2.85. The zero-order chi connectivity index (χ0) is 22.4. The van der Waals surface area contributed by atoms with E-state index < -0.39 is 17.6 Å². The number of amides is 2. The minimum atomic E-state index is -4.51. The Hall–Kier alpha value is -3.81. The number of carbonyl (C=O) groups excluding carboxylic acids is 2. The van der Waals surface area contributed by atoms with Gasteiger partial charge in [0.1, 0.15) is 5.75 Å². The van der Waals surface area contributed by atoms with Crippen LogP contribution in [0.25, 0.3) is 0 Å². The minimum Gasteiger partial charge on any atom is -0.497 e. The molecule has 3 aromatic rings. The van der Waals surface area contributed by atoms with E-state index >= 15 is 0 Å². The van der Waals surface area contributed by atoms with Crippen molar-refractivity contribution in [3.63, 3.8) is 0 Å². The van der Waals surface area contributed by atoms with Crippen LogP contribution in [-0.2, 0) is 17.4 Å². The molecular weight excluding hydrogens is 409 g/mol. The molecule has 0 radical (unpaired) electrons. The summed E-state index contributed by atoms with van der Waals surface area (Å²) in [5.74, 6) is -0.185. The second-order valence-electron chi connectivity index (χ2n) is 6.69. The lowest BCUT2D eigenvalue weighted by Crippen LogP contribution is -2.16. The van der Waals surface area contributed by atoms with Crippen molar-refractivity contribution in [2.75, 3.05) is 17.7 Å². The molecule has 0 atom stereocenters. The first-order valence-corrected chi connectivity index (χ1v) is 9.26. The van der Waals surface area contributed by atoms with Crippen LogP contribution in [0.2, 0.25) is 0 Å². The fraction of sp³-hybridized carbons (Fsp3) is 0.130. The van der Waals surface area contributed by atoms with Crippen molar-refractivity contribution in [1.29, 1.82) is 0 Å². The molecule has 0 saturated carbocycles. The Balaban J connectivity index is 1.65. The van der Waals surface area contributed by atoms with E-state index in [0.29, 0.717) is 11.4 Å². The number of halogens is 3. The third-order valence-corrected chi connectivity index (χ3v) is 4.38. The van der Waals surface area contributed by atoms with Gasteiger partial charge in [0.25, 0.3) is 5.91 Å². The number of hydrogen-bond acceptors (Lipinski definition) is 3. The second-order valence-corrected chi connectivity index (χ2v) is 6.69. The summed E-state index contributed by atoms with van der Waals surface area (Å²) >= 11 is 0. The Morgan fingerprint density at radius 3 is 2.16 bits per heavy atom. The van der Waals surface area contributed by atoms with E-state index in [2.05, 4.69) is 10.6 Å². The predicted octanol–water partition coefficient (Wildman–Crippen LogP) is 5.15. The molecule has 0 unspecified atom stereocenters. The summed E-state index contributed by atoms with van der Waals surface area (Å²) in [5, 5.41) is 5.15. The lowest BCUT2D eigenvalue weighted by Gasteiger charge is -2.11. The van der Waals surface area contributed by atoms with Gasteiger partial charge in [-0.15, -0.1) is 0 Å². The highest BCUT2D eigenvalue weighted by Crippen LogP contribution is 2.30. The summed E-state index contributed by atoms with van der Waals surface area (Å²) in [5.41, 5.74) is 0.547. The molecule has 5 nitrogen and oxygen atoms in total. The number of rotatable bonds is 6. The molecule has 0 aliphatic heterocycles. The summed E-state index contributed by atoms with van der Waals surface area (Å²) < 4.78 is 43.6. The molecule has 31 heavy (non-hydrogen) atoms. The largest absolute Gasteiger partial charge is 0.497 e. The average Bonchev–Trinajstić information content (AvgIpc) is 2.74. The van der Waals surface area contributed by atoms with E-state index in [1.807, 2.05) is 0 Å². The van der Waals surface area contributed by atoms with Crippen molar-refractivity contribution in [1.82, 2.24) is 0 Å². The molecule has 0 aliphatic rings. The van der Waals surface area contributed by atoms with Crippen LogP contribution in [0.1, 0.15) is 21.5 Å². The van der Waals surface area contributed by atoms with Crippen LogP contribution < -0.4 is 15.4 Å². The number of nitrogens with one attached hydrogen (secondary N) is 2. The van der Waals surface area contributed by atoms with Gasteiger partial charge >= 0.3 is 6.18 Å². The topological polar surface area (TPSA) is 67.4 Å². The van der Waals surface area contributed by atoms with Gasteiger partial charge in [-0.2, -0.15) is 13.2 Å². The zero-order valence-electron chi connectivity index (χ0n) is 16.5. The SMILES string of the molecule is COc1ccc(CC(=O)Nc2cccc(C(=O)Nc3cccc(C(F)(F)F)c3)c2)cc1. The molecule has 2 amide bonds. The van der Waals surface area contributed by atoms with Crippen LogP contribution in [0.15, 0.2) is 72.8 Å². The van der Waals surface area contributed by atoms with Crippen molar-refractivity contribution in [3.8, 4) is 5.75 Å². The zero-order valence-corrected chi connectivity index (χ0v) is 16.5. The summed E-state index contributed by atoms with van der Waals surface area (Å²) in [7, 11) is 1.55. The monoisotopic (exact) mass is 428 g/mol. The average molecular weight is 428 g/mol. The van der Waals surface area contributed by atoms with Crippen LogP contribution in [0.5, 0.6) is 5.75 Å². The van der Waals surface area contributed by atoms with Gasteiger partial charge in [0.2, 0.25) is 5.91 Å². The van der Waals surface area contributed by atoms with Crippen LogP contribution in [0.4, 0.5) is 24.5 Å². The molecule has 0 fully saturated rings. The summed E-state index contributed by atoms with van der Waals surface area (Å²) in [4.78, 5) is 24.7. The molecule has 3 aromatic carbocycles. The van der Waals surface area contributed by atoms with Crippen LogP contribution in [0.3, 0.4) is 0 Å². The van der Waals surface area contributed by atoms with Gasteiger partial charge in [0, 0.05) is 16.9 Å². The number of anilines is 2. The van der Waals surface area contributed by atoms with Gasteiger partial charge in [0.05, 0.1) is 19.1 Å². The van der Waals surface area contributed by atoms with E-state index in [9.17, 15) is 22.8 Å². The molecule has 0 heterocycles. The van der Waals surface area contributed by atoms with Gasteiger partial charge in [-0.05, 0) is 54.1 Å². The van der Waals surface area contributed by atoms with E-state index in [1.165, 1.54) is 24.3 Å². The third kappa shape index (κ3) is 6.08. The molecule has 160 valence electrons. The van der Waals surface area contributed by atoms with Gasteiger partial charge in [-0.1, -0.05) is 24.3 Å². The summed E-state index contributed by atoms with van der Waals surface area (Å²) in [6.07, 6.45) is -4.38. The fourth-order valence-electron chi connectivity index (χ4n) is 2.85. The number of carbonyl (C=O) groups is 2. The van der Waals surface area contributed by atoms with Crippen molar-refractivity contribution >= 4 is 23.2 Å².